The SMILES string of the molecule is COc1cccc(-c2nc(Cl)nc3[nH]ncc23)c1OC. The lowest BCUT2D eigenvalue weighted by molar-refractivity contribution is 0.356. The summed E-state index contributed by atoms with van der Waals surface area (Å²) in [6, 6.07) is 5.56. The molecule has 0 saturated carbocycles. The van der Waals surface area contributed by atoms with E-state index in [0.717, 1.165) is 10.9 Å². The maximum Gasteiger partial charge on any atom is 0.224 e. The van der Waals surface area contributed by atoms with Gasteiger partial charge in [0.25, 0.3) is 0 Å². The molecule has 2 heterocycles. The number of para-hydroxylation sites is 1. The Morgan fingerprint density at radius 2 is 2.00 bits per heavy atom. The van der Waals surface area contributed by atoms with Crippen molar-refractivity contribution < 1.29 is 9.47 Å². The molecule has 2 aromatic heterocycles. The third-order valence-electron chi connectivity index (χ3n) is 2.94. The van der Waals surface area contributed by atoms with Gasteiger partial charge in [0.15, 0.2) is 17.1 Å². The van der Waals surface area contributed by atoms with Crippen LogP contribution >= 0.6 is 11.6 Å². The van der Waals surface area contributed by atoms with Gasteiger partial charge < -0.3 is 9.47 Å². The number of aromatic nitrogens is 4. The van der Waals surface area contributed by atoms with Gasteiger partial charge in [-0.3, -0.25) is 5.10 Å². The zero-order chi connectivity index (χ0) is 14.1. The Morgan fingerprint density at radius 3 is 2.75 bits per heavy atom. The Labute approximate surface area is 119 Å². The normalized spacial score (nSPS) is 10.8. The number of fused-ring (bicyclic) bond motifs is 1. The molecule has 0 spiro atoms. The molecule has 0 bridgehead atoms. The fraction of sp³-hybridized carbons (Fsp3) is 0.154. The zero-order valence-electron chi connectivity index (χ0n) is 10.8. The van der Waals surface area contributed by atoms with Crippen LogP contribution < -0.4 is 9.47 Å². The minimum absolute atomic E-state index is 0.140. The molecule has 0 amide bonds. The van der Waals surface area contributed by atoms with Crippen LogP contribution in [0.5, 0.6) is 11.5 Å². The van der Waals surface area contributed by atoms with Gasteiger partial charge in [0, 0.05) is 5.56 Å². The summed E-state index contributed by atoms with van der Waals surface area (Å²) in [4.78, 5) is 8.37. The van der Waals surface area contributed by atoms with E-state index in [1.165, 1.54) is 0 Å². The lowest BCUT2D eigenvalue weighted by Crippen LogP contribution is -1.96. The van der Waals surface area contributed by atoms with Gasteiger partial charge >= 0.3 is 0 Å². The quantitative estimate of drug-likeness (QED) is 0.751. The molecule has 0 unspecified atom stereocenters. The summed E-state index contributed by atoms with van der Waals surface area (Å²) in [7, 11) is 3.17. The minimum Gasteiger partial charge on any atom is -0.493 e. The van der Waals surface area contributed by atoms with Crippen molar-refractivity contribution in [2.45, 2.75) is 0 Å². The molecule has 0 aliphatic rings. The van der Waals surface area contributed by atoms with Crippen LogP contribution in [-0.2, 0) is 0 Å². The molecule has 1 N–H and O–H groups in total. The maximum atomic E-state index is 5.96. The molecule has 6 nitrogen and oxygen atoms in total. The number of nitrogens with one attached hydrogen (secondary N) is 1. The second kappa shape index (κ2) is 4.97. The highest BCUT2D eigenvalue weighted by Crippen LogP contribution is 2.39. The van der Waals surface area contributed by atoms with E-state index >= 15 is 0 Å². The van der Waals surface area contributed by atoms with Crippen molar-refractivity contribution >= 4 is 22.6 Å². The predicted molar refractivity (Wildman–Crippen MR) is 75.2 cm³/mol. The van der Waals surface area contributed by atoms with Gasteiger partial charge in [-0.25, -0.2) is 4.98 Å². The Balaban J connectivity index is 2.33. The Kier molecular flexibility index (Phi) is 3.15. The highest BCUT2D eigenvalue weighted by atomic mass is 35.5. The van der Waals surface area contributed by atoms with Gasteiger partial charge in [0.05, 0.1) is 31.5 Å². The minimum atomic E-state index is 0.140. The summed E-state index contributed by atoms with van der Waals surface area (Å²) in [6.45, 7) is 0. The molecule has 0 saturated heterocycles. The number of halogens is 1. The summed E-state index contributed by atoms with van der Waals surface area (Å²) in [5, 5.41) is 7.65. The first-order chi connectivity index (χ1) is 9.74. The van der Waals surface area contributed by atoms with E-state index in [2.05, 4.69) is 20.2 Å². The first-order valence-corrected chi connectivity index (χ1v) is 6.20. The molecule has 0 fully saturated rings. The maximum absolute atomic E-state index is 5.96. The van der Waals surface area contributed by atoms with Crippen LogP contribution in [-0.4, -0.2) is 34.4 Å². The van der Waals surface area contributed by atoms with Crippen molar-refractivity contribution in [1.82, 2.24) is 20.2 Å². The van der Waals surface area contributed by atoms with Gasteiger partial charge in [0.2, 0.25) is 5.28 Å². The molecule has 102 valence electrons. The van der Waals surface area contributed by atoms with Crippen molar-refractivity contribution in [3.8, 4) is 22.8 Å². The highest BCUT2D eigenvalue weighted by Gasteiger charge is 2.17. The molecular formula is C13H11ClN4O2. The van der Waals surface area contributed by atoms with Gasteiger partial charge in [-0.1, -0.05) is 6.07 Å². The lowest BCUT2D eigenvalue weighted by Gasteiger charge is -2.12. The van der Waals surface area contributed by atoms with Crippen LogP contribution in [0.15, 0.2) is 24.4 Å². The first kappa shape index (κ1) is 12.7. The van der Waals surface area contributed by atoms with Crippen molar-refractivity contribution in [1.29, 1.82) is 0 Å². The molecule has 0 radical (unpaired) electrons. The van der Waals surface area contributed by atoms with E-state index in [0.29, 0.717) is 22.8 Å². The van der Waals surface area contributed by atoms with E-state index in [9.17, 15) is 0 Å². The standard InChI is InChI=1S/C13H11ClN4O2/c1-19-9-5-3-4-7(11(9)20-2)10-8-6-15-18-12(8)17-13(14)16-10/h3-6H,1-2H3,(H,15,16,17,18). The predicted octanol–water partition coefficient (Wildman–Crippen LogP) is 2.69. The number of H-pyrrole nitrogens is 1. The van der Waals surface area contributed by atoms with Crippen molar-refractivity contribution in [2.75, 3.05) is 14.2 Å². The number of aromatic amines is 1. The van der Waals surface area contributed by atoms with Crippen LogP contribution in [0.1, 0.15) is 0 Å². The molecule has 3 aromatic rings. The largest absolute Gasteiger partial charge is 0.493 e. The second-order valence-electron chi connectivity index (χ2n) is 4.01. The number of benzene rings is 1. The Bertz CT molecular complexity index is 772. The van der Waals surface area contributed by atoms with Crippen LogP contribution in [0.25, 0.3) is 22.3 Å². The van der Waals surface area contributed by atoms with Crippen LogP contribution in [0.3, 0.4) is 0 Å². The number of methoxy groups -OCH3 is 2. The van der Waals surface area contributed by atoms with E-state index in [4.69, 9.17) is 21.1 Å². The molecule has 3 rings (SSSR count). The molecular weight excluding hydrogens is 280 g/mol. The van der Waals surface area contributed by atoms with E-state index in [1.807, 2.05) is 18.2 Å². The van der Waals surface area contributed by atoms with Crippen LogP contribution in [0, 0.1) is 0 Å². The van der Waals surface area contributed by atoms with Crippen LogP contribution in [0.4, 0.5) is 0 Å². The van der Waals surface area contributed by atoms with Crippen molar-refractivity contribution in [3.63, 3.8) is 0 Å². The third-order valence-corrected chi connectivity index (χ3v) is 3.11. The fourth-order valence-electron chi connectivity index (χ4n) is 2.09. The molecule has 1 aromatic carbocycles. The lowest BCUT2D eigenvalue weighted by atomic mass is 10.1. The molecule has 7 heteroatoms. The highest BCUT2D eigenvalue weighted by molar-refractivity contribution is 6.28. The molecule has 0 aliphatic heterocycles. The van der Waals surface area contributed by atoms with E-state index in [-0.39, 0.29) is 5.28 Å². The monoisotopic (exact) mass is 290 g/mol. The van der Waals surface area contributed by atoms with Gasteiger partial charge in [-0.2, -0.15) is 10.1 Å². The molecule has 0 atom stereocenters. The number of rotatable bonds is 3. The molecule has 0 aliphatic carbocycles. The number of hydrogen-bond acceptors (Lipinski definition) is 5. The average Bonchev–Trinajstić information content (AvgIpc) is 2.93. The van der Waals surface area contributed by atoms with Crippen molar-refractivity contribution in [2.24, 2.45) is 0 Å². The Morgan fingerprint density at radius 1 is 1.15 bits per heavy atom. The fourth-order valence-corrected chi connectivity index (χ4v) is 2.26. The van der Waals surface area contributed by atoms with Crippen LogP contribution in [0.2, 0.25) is 5.28 Å². The second-order valence-corrected chi connectivity index (χ2v) is 4.35. The smallest absolute Gasteiger partial charge is 0.224 e. The number of hydrogen-bond donors (Lipinski definition) is 1. The zero-order valence-corrected chi connectivity index (χ0v) is 11.6. The first-order valence-electron chi connectivity index (χ1n) is 5.82. The number of nitrogens with zero attached hydrogens (tertiary/aromatic N) is 3. The summed E-state index contributed by atoms with van der Waals surface area (Å²) in [5.74, 6) is 1.21. The van der Waals surface area contributed by atoms with E-state index < -0.39 is 0 Å². The summed E-state index contributed by atoms with van der Waals surface area (Å²) in [6.07, 6.45) is 1.65. The Hall–Kier alpha value is -2.34. The average molecular weight is 291 g/mol. The van der Waals surface area contributed by atoms with E-state index in [1.54, 1.807) is 20.4 Å². The molecule has 20 heavy (non-hydrogen) atoms. The summed E-state index contributed by atoms with van der Waals surface area (Å²) in [5.41, 5.74) is 1.98. The summed E-state index contributed by atoms with van der Waals surface area (Å²) < 4.78 is 10.7. The number of ether oxygens (including phenoxy) is 2. The summed E-state index contributed by atoms with van der Waals surface area (Å²) >= 11 is 5.96. The topological polar surface area (TPSA) is 72.9 Å². The third kappa shape index (κ3) is 1.94. The van der Waals surface area contributed by atoms with Gasteiger partial charge in [-0.05, 0) is 23.7 Å². The van der Waals surface area contributed by atoms with Gasteiger partial charge in [0.1, 0.15) is 0 Å². The van der Waals surface area contributed by atoms with Crippen molar-refractivity contribution in [3.05, 3.63) is 29.7 Å². The van der Waals surface area contributed by atoms with Gasteiger partial charge in [-0.15, -0.1) is 0 Å².